The van der Waals surface area contributed by atoms with E-state index in [0.29, 0.717) is 36.2 Å². The number of aryl methyl sites for hydroxylation is 1. The van der Waals surface area contributed by atoms with Crippen molar-refractivity contribution >= 4 is 11.0 Å². The van der Waals surface area contributed by atoms with Gasteiger partial charge in [0.2, 0.25) is 5.88 Å². The first kappa shape index (κ1) is 26.9. The largest absolute Gasteiger partial charge is 0.480 e. The molecule has 212 valence electrons. The number of ether oxygens (including phenoxy) is 1. The Morgan fingerprint density at radius 2 is 1.83 bits per heavy atom. The molecule has 12 heteroatoms. The summed E-state index contributed by atoms with van der Waals surface area (Å²) in [6.45, 7) is 0.664. The number of nitrogens with one attached hydrogen (secondary N) is 1. The molecule has 5 aromatic rings. The summed E-state index contributed by atoms with van der Waals surface area (Å²) < 4.78 is 46.5. The highest BCUT2D eigenvalue weighted by molar-refractivity contribution is 5.83. The van der Waals surface area contributed by atoms with E-state index in [1.54, 1.807) is 32.5 Å². The fourth-order valence-corrected chi connectivity index (χ4v) is 5.11. The number of benzene rings is 1. The van der Waals surface area contributed by atoms with Crippen molar-refractivity contribution in [2.45, 2.75) is 37.9 Å². The first-order chi connectivity index (χ1) is 19.6. The molecule has 1 N–H and O–H groups in total. The van der Waals surface area contributed by atoms with Crippen LogP contribution in [0, 0.1) is 0 Å². The van der Waals surface area contributed by atoms with Gasteiger partial charge in [-0.05, 0) is 32.5 Å². The Morgan fingerprint density at radius 3 is 2.46 bits per heavy atom. The van der Waals surface area contributed by atoms with E-state index in [0.717, 1.165) is 58.2 Å². The fourth-order valence-electron chi connectivity index (χ4n) is 5.11. The summed E-state index contributed by atoms with van der Waals surface area (Å²) in [4.78, 5) is 27.9. The molecule has 41 heavy (non-hydrogen) atoms. The van der Waals surface area contributed by atoms with E-state index >= 15 is 0 Å². The number of hydrogen-bond acceptors (Lipinski definition) is 7. The first-order valence-corrected chi connectivity index (χ1v) is 13.2. The highest BCUT2D eigenvalue weighted by Crippen LogP contribution is 2.45. The highest BCUT2D eigenvalue weighted by Gasteiger charge is 2.35. The van der Waals surface area contributed by atoms with Crippen LogP contribution in [0.25, 0.3) is 33.8 Å². The minimum Gasteiger partial charge on any atom is -0.480 e. The zero-order valence-electron chi connectivity index (χ0n) is 23.1. The number of H-pyrrole nitrogens is 1. The first-order valence-electron chi connectivity index (χ1n) is 13.2. The lowest BCUT2D eigenvalue weighted by atomic mass is 10.0. The van der Waals surface area contributed by atoms with Crippen molar-refractivity contribution in [3.63, 3.8) is 0 Å². The maximum absolute atomic E-state index is 13.2. The second-order valence-electron chi connectivity index (χ2n) is 10.6. The average Bonchev–Trinajstić information content (AvgIpc) is 3.63. The fraction of sp³-hybridized carbons (Fsp3) is 0.345. The summed E-state index contributed by atoms with van der Waals surface area (Å²) in [5.74, 6) is 1.57. The Bertz CT molecular complexity index is 1720. The standard InChI is InChI=1S/C29H29F3N8O/c1-39(2)13-21-19(11-16-5-7-18(8-6-16)27-37-22(14-40(27)3)29(30,31)32)25-20(36-21)12-33-26(38-25)23-24(17-9-10-17)34-15-35-28(23)41-4/h5-8,12,14-15,17,36H,9-11,13H2,1-4H3. The molecule has 0 radical (unpaired) electrons. The van der Waals surface area contributed by atoms with Gasteiger partial charge in [-0.3, -0.25) is 0 Å². The lowest BCUT2D eigenvalue weighted by Crippen LogP contribution is -2.12. The van der Waals surface area contributed by atoms with Crippen molar-refractivity contribution in [2.75, 3.05) is 21.2 Å². The van der Waals surface area contributed by atoms with Crippen molar-refractivity contribution < 1.29 is 17.9 Å². The van der Waals surface area contributed by atoms with Gasteiger partial charge >= 0.3 is 6.18 Å². The molecule has 1 aliphatic rings. The number of aromatic amines is 1. The number of halogens is 3. The maximum atomic E-state index is 13.2. The summed E-state index contributed by atoms with van der Waals surface area (Å²) >= 11 is 0. The normalized spacial score (nSPS) is 13.9. The van der Waals surface area contributed by atoms with Crippen LogP contribution < -0.4 is 4.74 Å². The maximum Gasteiger partial charge on any atom is 0.434 e. The lowest BCUT2D eigenvalue weighted by Gasteiger charge is -2.12. The molecular formula is C29H29F3N8O. The Hall–Kier alpha value is -4.32. The van der Waals surface area contributed by atoms with Crippen LogP contribution in [-0.2, 0) is 26.2 Å². The van der Waals surface area contributed by atoms with Crippen molar-refractivity contribution in [1.29, 1.82) is 0 Å². The van der Waals surface area contributed by atoms with E-state index < -0.39 is 11.9 Å². The Kier molecular flexibility index (Phi) is 6.72. The molecule has 0 amide bonds. The number of methoxy groups -OCH3 is 1. The van der Waals surface area contributed by atoms with Crippen LogP contribution in [0.3, 0.4) is 0 Å². The van der Waals surface area contributed by atoms with Crippen molar-refractivity contribution in [2.24, 2.45) is 7.05 Å². The quantitative estimate of drug-likeness (QED) is 0.272. The molecule has 0 spiro atoms. The summed E-state index contributed by atoms with van der Waals surface area (Å²) in [7, 11) is 7.13. The van der Waals surface area contributed by atoms with Gasteiger partial charge in [-0.2, -0.15) is 13.2 Å². The van der Waals surface area contributed by atoms with Gasteiger partial charge in [0.25, 0.3) is 0 Å². The van der Waals surface area contributed by atoms with E-state index in [2.05, 4.69) is 29.8 Å². The van der Waals surface area contributed by atoms with Crippen LogP contribution >= 0.6 is 0 Å². The van der Waals surface area contributed by atoms with Gasteiger partial charge in [0.05, 0.1) is 30.0 Å². The summed E-state index contributed by atoms with van der Waals surface area (Å²) in [6, 6.07) is 7.42. The van der Waals surface area contributed by atoms with Gasteiger partial charge in [0.15, 0.2) is 11.5 Å². The lowest BCUT2D eigenvalue weighted by molar-refractivity contribution is -0.140. The third-order valence-electron chi connectivity index (χ3n) is 7.18. The van der Waals surface area contributed by atoms with E-state index in [1.807, 2.05) is 26.2 Å². The molecule has 4 heterocycles. The number of fused-ring (bicyclic) bond motifs is 1. The van der Waals surface area contributed by atoms with Gasteiger partial charge < -0.3 is 19.2 Å². The van der Waals surface area contributed by atoms with Crippen LogP contribution in [0.15, 0.2) is 43.0 Å². The second kappa shape index (κ2) is 10.3. The summed E-state index contributed by atoms with van der Waals surface area (Å²) in [6.07, 6.45) is 2.49. The molecule has 1 aliphatic carbocycles. The zero-order chi connectivity index (χ0) is 28.9. The molecule has 4 aromatic heterocycles. The van der Waals surface area contributed by atoms with Gasteiger partial charge in [-0.25, -0.2) is 24.9 Å². The van der Waals surface area contributed by atoms with Crippen molar-refractivity contribution in [1.82, 2.24) is 39.4 Å². The number of aromatic nitrogens is 7. The Morgan fingerprint density at radius 1 is 1.07 bits per heavy atom. The third-order valence-corrected chi connectivity index (χ3v) is 7.18. The minimum atomic E-state index is -4.50. The Balaban J connectivity index is 1.39. The molecule has 0 bridgehead atoms. The molecule has 9 nitrogen and oxygen atoms in total. The topological polar surface area (TPSA) is 97.6 Å². The molecule has 0 saturated heterocycles. The van der Waals surface area contributed by atoms with Crippen LogP contribution in [0.1, 0.15) is 47.0 Å². The van der Waals surface area contributed by atoms with Gasteiger partial charge in [-0.15, -0.1) is 0 Å². The monoisotopic (exact) mass is 562 g/mol. The predicted molar refractivity (Wildman–Crippen MR) is 147 cm³/mol. The van der Waals surface area contributed by atoms with E-state index in [-0.39, 0.29) is 5.82 Å². The van der Waals surface area contributed by atoms with Crippen molar-refractivity contribution in [3.8, 4) is 28.7 Å². The molecule has 1 fully saturated rings. The third kappa shape index (κ3) is 5.26. The molecule has 1 saturated carbocycles. The number of nitrogens with zero attached hydrogens (tertiary/aromatic N) is 7. The smallest absolute Gasteiger partial charge is 0.434 e. The van der Waals surface area contributed by atoms with E-state index in [4.69, 9.17) is 9.72 Å². The average molecular weight is 563 g/mol. The molecule has 0 atom stereocenters. The predicted octanol–water partition coefficient (Wildman–Crippen LogP) is 5.37. The van der Waals surface area contributed by atoms with E-state index in [1.165, 1.54) is 10.9 Å². The minimum absolute atomic E-state index is 0.257. The molecule has 0 aliphatic heterocycles. The molecule has 6 rings (SSSR count). The van der Waals surface area contributed by atoms with Gasteiger partial charge in [-0.1, -0.05) is 24.3 Å². The van der Waals surface area contributed by atoms with Gasteiger partial charge in [0, 0.05) is 48.9 Å². The molecular weight excluding hydrogens is 533 g/mol. The number of rotatable bonds is 8. The van der Waals surface area contributed by atoms with Crippen LogP contribution in [0.5, 0.6) is 5.88 Å². The molecule has 0 unspecified atom stereocenters. The van der Waals surface area contributed by atoms with Crippen LogP contribution in [0.2, 0.25) is 0 Å². The summed E-state index contributed by atoms with van der Waals surface area (Å²) in [5, 5.41) is 0. The van der Waals surface area contributed by atoms with Gasteiger partial charge in [0.1, 0.15) is 17.7 Å². The van der Waals surface area contributed by atoms with E-state index in [9.17, 15) is 13.2 Å². The Labute approximate surface area is 234 Å². The molecule has 1 aromatic carbocycles. The summed E-state index contributed by atoms with van der Waals surface area (Å²) in [5.41, 5.74) is 5.94. The zero-order valence-corrected chi connectivity index (χ0v) is 23.1. The van der Waals surface area contributed by atoms with Crippen LogP contribution in [-0.4, -0.2) is 60.6 Å². The SMILES string of the molecule is COc1ncnc(C2CC2)c1-c1ncc2[nH]c(CN(C)C)c(Cc3ccc(-c4nc(C(F)(F)F)cn4C)cc3)c2n1. The number of alkyl halides is 3. The number of hydrogen-bond donors (Lipinski definition) is 1. The highest BCUT2D eigenvalue weighted by atomic mass is 19.4. The van der Waals surface area contributed by atoms with Crippen LogP contribution in [0.4, 0.5) is 13.2 Å². The van der Waals surface area contributed by atoms with Crippen molar-refractivity contribution in [3.05, 3.63) is 71.2 Å². The second-order valence-corrected chi connectivity index (χ2v) is 10.6. The number of imidazole rings is 1.